The zero-order valence-corrected chi connectivity index (χ0v) is 16.4. The van der Waals surface area contributed by atoms with Crippen LogP contribution in [0.15, 0.2) is 36.5 Å². The minimum atomic E-state index is -0.0458. The summed E-state index contributed by atoms with van der Waals surface area (Å²) in [6, 6.07) is 9.78. The number of hydrogen-bond acceptors (Lipinski definition) is 5. The van der Waals surface area contributed by atoms with Gasteiger partial charge in [0.2, 0.25) is 0 Å². The number of likely N-dealkylation sites (N-methyl/N-ethyl adjacent to an activating group) is 1. The first-order valence-corrected chi connectivity index (χ1v) is 9.91. The molecule has 7 heteroatoms. The van der Waals surface area contributed by atoms with Crippen LogP contribution in [-0.4, -0.2) is 51.8 Å². The molecule has 0 radical (unpaired) electrons. The van der Waals surface area contributed by atoms with Gasteiger partial charge in [-0.25, -0.2) is 4.98 Å². The lowest BCUT2D eigenvalue weighted by Gasteiger charge is -2.24. The Balaban J connectivity index is 1.94. The van der Waals surface area contributed by atoms with Crippen LogP contribution in [0.3, 0.4) is 0 Å². The molecule has 1 amide bonds. The number of carbonyl (C=O) groups is 1. The molecule has 26 heavy (non-hydrogen) atoms. The SMILES string of the molecule is CCN(CC)CCN(C(=O)c1ccnn1CC)c1nc2ccccc2s1. The lowest BCUT2D eigenvalue weighted by Crippen LogP contribution is -2.39. The van der Waals surface area contributed by atoms with E-state index in [1.807, 2.05) is 31.2 Å². The van der Waals surface area contributed by atoms with Crippen LogP contribution in [0, 0.1) is 0 Å². The third-order valence-corrected chi connectivity index (χ3v) is 5.59. The second-order valence-corrected chi connectivity index (χ2v) is 6.99. The molecular weight excluding hydrogens is 346 g/mol. The van der Waals surface area contributed by atoms with Gasteiger partial charge in [-0.05, 0) is 38.2 Å². The summed E-state index contributed by atoms with van der Waals surface area (Å²) in [6.07, 6.45) is 1.68. The molecule has 0 fully saturated rings. The minimum Gasteiger partial charge on any atom is -0.302 e. The molecule has 0 saturated carbocycles. The molecule has 0 unspecified atom stereocenters. The Morgan fingerprint density at radius 1 is 1.12 bits per heavy atom. The molecule has 1 aromatic carbocycles. The summed E-state index contributed by atoms with van der Waals surface area (Å²) in [5, 5.41) is 4.99. The van der Waals surface area contributed by atoms with E-state index in [4.69, 9.17) is 4.98 Å². The fraction of sp³-hybridized carbons (Fsp3) is 0.421. The average molecular weight is 372 g/mol. The predicted molar refractivity (Wildman–Crippen MR) is 107 cm³/mol. The van der Waals surface area contributed by atoms with Crippen molar-refractivity contribution in [3.05, 3.63) is 42.2 Å². The Bertz CT molecular complexity index is 835. The van der Waals surface area contributed by atoms with Crippen LogP contribution >= 0.6 is 11.3 Å². The normalized spacial score (nSPS) is 11.4. The van der Waals surface area contributed by atoms with E-state index < -0.39 is 0 Å². The fourth-order valence-electron chi connectivity index (χ4n) is 2.95. The van der Waals surface area contributed by atoms with E-state index in [9.17, 15) is 4.79 Å². The molecule has 0 bridgehead atoms. The van der Waals surface area contributed by atoms with Gasteiger partial charge in [-0.1, -0.05) is 37.3 Å². The number of rotatable bonds is 8. The zero-order chi connectivity index (χ0) is 18.5. The van der Waals surface area contributed by atoms with E-state index in [1.54, 1.807) is 33.2 Å². The lowest BCUT2D eigenvalue weighted by atomic mass is 10.3. The van der Waals surface area contributed by atoms with Gasteiger partial charge in [0.25, 0.3) is 5.91 Å². The third kappa shape index (κ3) is 3.78. The highest BCUT2D eigenvalue weighted by Crippen LogP contribution is 2.29. The van der Waals surface area contributed by atoms with Gasteiger partial charge in [-0.3, -0.25) is 14.4 Å². The number of aryl methyl sites for hydroxylation is 1. The van der Waals surface area contributed by atoms with Gasteiger partial charge in [0, 0.05) is 25.8 Å². The first kappa shape index (κ1) is 18.5. The van der Waals surface area contributed by atoms with Gasteiger partial charge >= 0.3 is 0 Å². The summed E-state index contributed by atoms with van der Waals surface area (Å²) in [5.74, 6) is -0.0458. The van der Waals surface area contributed by atoms with Crippen LogP contribution in [0.5, 0.6) is 0 Å². The smallest absolute Gasteiger partial charge is 0.278 e. The number of anilines is 1. The molecule has 0 spiro atoms. The third-order valence-electron chi connectivity index (χ3n) is 4.53. The molecule has 0 N–H and O–H groups in total. The van der Waals surface area contributed by atoms with E-state index in [1.165, 1.54) is 0 Å². The fourth-order valence-corrected chi connectivity index (χ4v) is 3.94. The first-order chi connectivity index (χ1) is 12.7. The number of para-hydroxylation sites is 1. The molecule has 3 aromatic rings. The van der Waals surface area contributed by atoms with Gasteiger partial charge in [0.1, 0.15) is 5.69 Å². The van der Waals surface area contributed by atoms with Crippen LogP contribution in [0.25, 0.3) is 10.2 Å². The quantitative estimate of drug-likeness (QED) is 0.608. The number of thiazole rings is 1. The van der Waals surface area contributed by atoms with Crippen molar-refractivity contribution in [2.45, 2.75) is 27.3 Å². The first-order valence-electron chi connectivity index (χ1n) is 9.09. The number of fused-ring (bicyclic) bond motifs is 1. The average Bonchev–Trinajstić information content (AvgIpc) is 3.31. The van der Waals surface area contributed by atoms with Crippen LogP contribution in [0.4, 0.5) is 5.13 Å². The standard InChI is InChI=1S/C19H25N5OS/c1-4-22(5-2)13-14-23(18(25)16-11-12-20-24(16)6-3)19-21-15-9-7-8-10-17(15)26-19/h7-12H,4-6,13-14H2,1-3H3. The van der Waals surface area contributed by atoms with Crippen molar-refractivity contribution in [1.82, 2.24) is 19.7 Å². The predicted octanol–water partition coefficient (Wildman–Crippen LogP) is 3.50. The number of amides is 1. The molecule has 6 nitrogen and oxygen atoms in total. The highest BCUT2D eigenvalue weighted by Gasteiger charge is 2.24. The highest BCUT2D eigenvalue weighted by atomic mass is 32.1. The molecule has 0 atom stereocenters. The van der Waals surface area contributed by atoms with Gasteiger partial charge < -0.3 is 4.90 Å². The van der Waals surface area contributed by atoms with E-state index in [-0.39, 0.29) is 5.91 Å². The van der Waals surface area contributed by atoms with Crippen LogP contribution < -0.4 is 4.90 Å². The number of aromatic nitrogens is 3. The monoisotopic (exact) mass is 371 g/mol. The maximum absolute atomic E-state index is 13.3. The number of nitrogens with zero attached hydrogens (tertiary/aromatic N) is 5. The summed E-state index contributed by atoms with van der Waals surface area (Å²) < 4.78 is 2.83. The maximum Gasteiger partial charge on any atom is 0.278 e. The Morgan fingerprint density at radius 3 is 2.58 bits per heavy atom. The van der Waals surface area contributed by atoms with Crippen molar-refractivity contribution in [2.75, 3.05) is 31.1 Å². The van der Waals surface area contributed by atoms with Crippen molar-refractivity contribution in [3.8, 4) is 0 Å². The molecule has 2 aromatic heterocycles. The molecule has 0 aliphatic heterocycles. The summed E-state index contributed by atoms with van der Waals surface area (Å²) in [5.41, 5.74) is 1.53. The van der Waals surface area contributed by atoms with E-state index in [2.05, 4.69) is 23.8 Å². The Hall–Kier alpha value is -2.25. The molecule has 138 valence electrons. The van der Waals surface area contributed by atoms with Gasteiger partial charge in [-0.2, -0.15) is 5.10 Å². The summed E-state index contributed by atoms with van der Waals surface area (Å²) in [4.78, 5) is 22.1. The topological polar surface area (TPSA) is 54.3 Å². The van der Waals surface area contributed by atoms with Crippen LogP contribution in [0.2, 0.25) is 0 Å². The summed E-state index contributed by atoms with van der Waals surface area (Å²) in [7, 11) is 0. The molecular formula is C19H25N5OS. The number of carbonyl (C=O) groups excluding carboxylic acids is 1. The van der Waals surface area contributed by atoms with Crippen LogP contribution in [-0.2, 0) is 6.54 Å². The number of hydrogen-bond donors (Lipinski definition) is 0. The van der Waals surface area contributed by atoms with Crippen molar-refractivity contribution >= 4 is 32.6 Å². The van der Waals surface area contributed by atoms with Crippen molar-refractivity contribution < 1.29 is 4.79 Å². The summed E-state index contributed by atoms with van der Waals surface area (Å²) >= 11 is 1.56. The molecule has 0 saturated heterocycles. The molecule has 0 aliphatic rings. The second-order valence-electron chi connectivity index (χ2n) is 5.98. The van der Waals surface area contributed by atoms with Crippen LogP contribution in [0.1, 0.15) is 31.3 Å². The van der Waals surface area contributed by atoms with Crippen molar-refractivity contribution in [2.24, 2.45) is 0 Å². The van der Waals surface area contributed by atoms with E-state index in [0.29, 0.717) is 18.8 Å². The molecule has 3 rings (SSSR count). The Labute approximate surface area is 158 Å². The summed E-state index contributed by atoms with van der Waals surface area (Å²) in [6.45, 7) is 10.3. The Morgan fingerprint density at radius 2 is 1.88 bits per heavy atom. The van der Waals surface area contributed by atoms with Crippen molar-refractivity contribution in [3.63, 3.8) is 0 Å². The van der Waals surface area contributed by atoms with E-state index in [0.717, 1.165) is 35.0 Å². The number of benzene rings is 1. The highest BCUT2D eigenvalue weighted by molar-refractivity contribution is 7.22. The minimum absolute atomic E-state index is 0.0458. The maximum atomic E-state index is 13.3. The lowest BCUT2D eigenvalue weighted by molar-refractivity contribution is 0.0973. The molecule has 0 aliphatic carbocycles. The second kappa shape index (κ2) is 8.42. The van der Waals surface area contributed by atoms with Gasteiger partial charge in [-0.15, -0.1) is 0 Å². The Kier molecular flexibility index (Phi) is 6.00. The van der Waals surface area contributed by atoms with Crippen molar-refractivity contribution in [1.29, 1.82) is 0 Å². The largest absolute Gasteiger partial charge is 0.302 e. The van der Waals surface area contributed by atoms with E-state index >= 15 is 0 Å². The molecule has 2 heterocycles. The van der Waals surface area contributed by atoms with Gasteiger partial charge in [0.05, 0.1) is 10.2 Å². The zero-order valence-electron chi connectivity index (χ0n) is 15.6. The van der Waals surface area contributed by atoms with Gasteiger partial charge in [0.15, 0.2) is 5.13 Å².